The number of thioether (sulfide) groups is 1. The highest BCUT2D eigenvalue weighted by Crippen LogP contribution is 2.40. The number of nitriles is 1. The van der Waals surface area contributed by atoms with Crippen molar-refractivity contribution in [1.29, 1.82) is 5.26 Å². The van der Waals surface area contributed by atoms with Gasteiger partial charge in [-0.05, 0) is 49.4 Å². The number of carbonyl (C=O) groups is 1. The summed E-state index contributed by atoms with van der Waals surface area (Å²) in [4.78, 5) is 22.6. The van der Waals surface area contributed by atoms with Gasteiger partial charge in [0.15, 0.2) is 0 Å². The van der Waals surface area contributed by atoms with E-state index in [1.807, 2.05) is 18.4 Å². The Hall–Kier alpha value is -2.40. The summed E-state index contributed by atoms with van der Waals surface area (Å²) in [5, 5.41) is 13.2. The highest BCUT2D eigenvalue weighted by molar-refractivity contribution is 7.98. The second-order valence-electron chi connectivity index (χ2n) is 8.23. The van der Waals surface area contributed by atoms with Gasteiger partial charge in [0.05, 0.1) is 11.1 Å². The van der Waals surface area contributed by atoms with Crippen LogP contribution in [0.3, 0.4) is 0 Å². The topological polar surface area (TPSA) is 72.3 Å². The zero-order valence-corrected chi connectivity index (χ0v) is 19.0. The molecule has 1 saturated heterocycles. The molecule has 0 atom stereocenters. The standard InChI is InChI=1S/C24H29N5OS/c1-3-28-10-12-29(13-11-28)16-17-4-8-19(9-5-17)26-23(30)20-14-22(18-6-7-18)27-24(31-2)21(20)15-25/h4-5,8-9,14,18H,3,6-7,10-13,16H2,1-2H3,(H,26,30). The molecule has 2 aromatic rings. The van der Waals surface area contributed by atoms with E-state index in [0.29, 0.717) is 22.1 Å². The zero-order valence-electron chi connectivity index (χ0n) is 18.2. The van der Waals surface area contributed by atoms with Gasteiger partial charge in [0, 0.05) is 50.0 Å². The molecule has 1 N–H and O–H groups in total. The molecule has 0 radical (unpaired) electrons. The van der Waals surface area contributed by atoms with E-state index in [9.17, 15) is 10.1 Å². The van der Waals surface area contributed by atoms with Crippen LogP contribution in [-0.4, -0.2) is 59.7 Å². The number of rotatable bonds is 7. The fourth-order valence-electron chi connectivity index (χ4n) is 3.98. The Bertz CT molecular complexity index is 973. The van der Waals surface area contributed by atoms with Crippen LogP contribution in [0.1, 0.15) is 52.9 Å². The van der Waals surface area contributed by atoms with Crippen LogP contribution in [-0.2, 0) is 6.54 Å². The van der Waals surface area contributed by atoms with Gasteiger partial charge in [-0.3, -0.25) is 9.69 Å². The Kier molecular flexibility index (Phi) is 6.91. The predicted molar refractivity (Wildman–Crippen MR) is 124 cm³/mol. The molecular weight excluding hydrogens is 406 g/mol. The van der Waals surface area contributed by atoms with Crippen molar-refractivity contribution in [3.8, 4) is 6.07 Å². The quantitative estimate of drug-likeness (QED) is 0.664. The van der Waals surface area contributed by atoms with Crippen LogP contribution >= 0.6 is 11.8 Å². The van der Waals surface area contributed by atoms with Gasteiger partial charge in [-0.2, -0.15) is 5.26 Å². The Morgan fingerprint density at radius 3 is 2.45 bits per heavy atom. The maximum atomic E-state index is 13.0. The van der Waals surface area contributed by atoms with Crippen LogP contribution < -0.4 is 5.32 Å². The summed E-state index contributed by atoms with van der Waals surface area (Å²) < 4.78 is 0. The number of anilines is 1. The normalized spacial score (nSPS) is 17.3. The largest absolute Gasteiger partial charge is 0.322 e. The molecule has 1 aromatic carbocycles. The number of amides is 1. The average molecular weight is 436 g/mol. The van der Waals surface area contributed by atoms with Crippen molar-refractivity contribution in [2.24, 2.45) is 0 Å². The number of carbonyl (C=O) groups excluding carboxylic acids is 1. The fraction of sp³-hybridized carbons (Fsp3) is 0.458. The van der Waals surface area contributed by atoms with Crippen LogP contribution in [0, 0.1) is 11.3 Å². The van der Waals surface area contributed by atoms with Gasteiger partial charge in [0.2, 0.25) is 0 Å². The van der Waals surface area contributed by atoms with E-state index in [1.165, 1.54) is 17.3 Å². The highest BCUT2D eigenvalue weighted by atomic mass is 32.2. The Balaban J connectivity index is 1.43. The van der Waals surface area contributed by atoms with E-state index >= 15 is 0 Å². The van der Waals surface area contributed by atoms with E-state index in [4.69, 9.17) is 0 Å². The Morgan fingerprint density at radius 1 is 1.19 bits per heavy atom. The second-order valence-corrected chi connectivity index (χ2v) is 9.02. The lowest BCUT2D eigenvalue weighted by Crippen LogP contribution is -2.45. The lowest BCUT2D eigenvalue weighted by atomic mass is 10.1. The number of nitrogens with one attached hydrogen (secondary N) is 1. The van der Waals surface area contributed by atoms with Gasteiger partial charge in [0.25, 0.3) is 5.91 Å². The van der Waals surface area contributed by atoms with Crippen molar-refractivity contribution in [1.82, 2.24) is 14.8 Å². The number of pyridine rings is 1. The first-order valence-electron chi connectivity index (χ1n) is 10.9. The summed E-state index contributed by atoms with van der Waals surface area (Å²) in [6.07, 6.45) is 4.09. The smallest absolute Gasteiger partial charge is 0.257 e. The van der Waals surface area contributed by atoms with E-state index in [2.05, 4.69) is 45.2 Å². The van der Waals surface area contributed by atoms with Crippen molar-refractivity contribution in [2.75, 3.05) is 44.3 Å². The van der Waals surface area contributed by atoms with Crippen molar-refractivity contribution in [2.45, 2.75) is 37.3 Å². The first-order chi connectivity index (χ1) is 15.1. The van der Waals surface area contributed by atoms with Gasteiger partial charge in [-0.25, -0.2) is 4.98 Å². The molecule has 1 aromatic heterocycles. The number of nitrogens with zero attached hydrogens (tertiary/aromatic N) is 4. The first-order valence-corrected chi connectivity index (χ1v) is 12.2. The molecule has 1 amide bonds. The summed E-state index contributed by atoms with van der Waals surface area (Å²) in [5.41, 5.74) is 3.68. The third-order valence-electron chi connectivity index (χ3n) is 6.08. The summed E-state index contributed by atoms with van der Waals surface area (Å²) in [5.74, 6) is 0.170. The van der Waals surface area contributed by atoms with Gasteiger partial charge >= 0.3 is 0 Å². The first kappa shape index (κ1) is 21.8. The minimum Gasteiger partial charge on any atom is -0.322 e. The summed E-state index contributed by atoms with van der Waals surface area (Å²) in [7, 11) is 0. The maximum Gasteiger partial charge on any atom is 0.257 e. The lowest BCUT2D eigenvalue weighted by Gasteiger charge is -2.34. The lowest BCUT2D eigenvalue weighted by molar-refractivity contribution is 0.102. The average Bonchev–Trinajstić information content (AvgIpc) is 3.65. The molecule has 31 heavy (non-hydrogen) atoms. The minimum absolute atomic E-state index is 0.250. The van der Waals surface area contributed by atoms with Crippen molar-refractivity contribution < 1.29 is 4.79 Å². The number of hydrogen-bond acceptors (Lipinski definition) is 6. The fourth-order valence-corrected chi connectivity index (χ4v) is 4.53. The van der Waals surface area contributed by atoms with Crippen LogP contribution in [0.2, 0.25) is 0 Å². The molecule has 162 valence electrons. The number of hydrogen-bond donors (Lipinski definition) is 1. The Labute approximate surface area is 188 Å². The molecule has 6 nitrogen and oxygen atoms in total. The van der Waals surface area contributed by atoms with Crippen molar-refractivity contribution >= 4 is 23.4 Å². The molecule has 0 bridgehead atoms. The maximum absolute atomic E-state index is 13.0. The molecule has 0 unspecified atom stereocenters. The number of aromatic nitrogens is 1. The molecule has 1 aliphatic heterocycles. The van der Waals surface area contributed by atoms with Gasteiger partial charge in [0.1, 0.15) is 11.1 Å². The van der Waals surface area contributed by atoms with E-state index < -0.39 is 0 Å². The molecule has 7 heteroatoms. The molecule has 2 fully saturated rings. The number of benzene rings is 1. The monoisotopic (exact) mass is 435 g/mol. The molecule has 2 aliphatic rings. The second kappa shape index (κ2) is 9.82. The number of piperazine rings is 1. The van der Waals surface area contributed by atoms with Gasteiger partial charge in [-0.1, -0.05) is 19.1 Å². The van der Waals surface area contributed by atoms with Crippen LogP contribution in [0.15, 0.2) is 35.4 Å². The summed E-state index contributed by atoms with van der Waals surface area (Å²) >= 11 is 1.42. The van der Waals surface area contributed by atoms with Crippen LogP contribution in [0.5, 0.6) is 0 Å². The summed E-state index contributed by atoms with van der Waals surface area (Å²) in [6, 6.07) is 12.0. The van der Waals surface area contributed by atoms with Gasteiger partial charge < -0.3 is 10.2 Å². The third kappa shape index (κ3) is 5.27. The molecule has 4 rings (SSSR count). The third-order valence-corrected chi connectivity index (χ3v) is 6.76. The molecule has 2 heterocycles. The SMILES string of the molecule is CCN1CCN(Cc2ccc(NC(=O)c3cc(C4CC4)nc(SC)c3C#N)cc2)CC1. The predicted octanol–water partition coefficient (Wildman–Crippen LogP) is 3.94. The van der Waals surface area contributed by atoms with Crippen molar-refractivity contribution in [3.05, 3.63) is 52.7 Å². The molecule has 0 spiro atoms. The van der Waals surface area contributed by atoms with E-state index in [1.54, 1.807) is 6.07 Å². The molecular formula is C24H29N5OS. The Morgan fingerprint density at radius 2 is 1.87 bits per heavy atom. The van der Waals surface area contributed by atoms with E-state index in [0.717, 1.165) is 63.5 Å². The van der Waals surface area contributed by atoms with E-state index in [-0.39, 0.29) is 5.91 Å². The minimum atomic E-state index is -0.250. The van der Waals surface area contributed by atoms with Crippen LogP contribution in [0.25, 0.3) is 0 Å². The van der Waals surface area contributed by atoms with Crippen molar-refractivity contribution in [3.63, 3.8) is 0 Å². The zero-order chi connectivity index (χ0) is 21.8. The van der Waals surface area contributed by atoms with Crippen LogP contribution in [0.4, 0.5) is 5.69 Å². The molecule has 1 aliphatic carbocycles. The summed E-state index contributed by atoms with van der Waals surface area (Å²) in [6.45, 7) is 8.68. The number of likely N-dealkylation sites (N-methyl/N-ethyl adjacent to an activating group) is 1. The van der Waals surface area contributed by atoms with Gasteiger partial charge in [-0.15, -0.1) is 11.8 Å². The molecule has 1 saturated carbocycles. The highest BCUT2D eigenvalue weighted by Gasteiger charge is 2.28.